The summed E-state index contributed by atoms with van der Waals surface area (Å²) in [6.45, 7) is 0.194. The van der Waals surface area contributed by atoms with Gasteiger partial charge in [-0.3, -0.25) is 0 Å². The topological polar surface area (TPSA) is 201 Å². The van der Waals surface area contributed by atoms with E-state index in [4.69, 9.17) is 33.9 Å². The Morgan fingerprint density at radius 1 is 0.300 bits per heavy atom. The van der Waals surface area contributed by atoms with Crippen LogP contribution in [0.25, 0.3) is 100 Å². The van der Waals surface area contributed by atoms with Gasteiger partial charge in [-0.2, -0.15) is 10.5 Å². The van der Waals surface area contributed by atoms with Crippen molar-refractivity contribution in [3.63, 3.8) is 0 Å². The number of nitriles is 2. The molecule has 478 valence electrons. The maximum absolute atomic E-state index is 14.1. The summed E-state index contributed by atoms with van der Waals surface area (Å²) in [4.78, 5) is 72.4. The number of fused-ring (bicyclic) bond motifs is 6. The molecular formula is C85H55N7O8. The molecule has 0 bridgehead atoms. The highest BCUT2D eigenvalue weighted by Crippen LogP contribution is 2.42. The van der Waals surface area contributed by atoms with Crippen LogP contribution in [0.3, 0.4) is 0 Å². The first-order valence-corrected chi connectivity index (χ1v) is 32.1. The third kappa shape index (κ3) is 12.7. The summed E-state index contributed by atoms with van der Waals surface area (Å²) in [5.41, 5.74) is 11.9. The molecule has 15 nitrogen and oxygen atoms in total. The van der Waals surface area contributed by atoms with E-state index in [0.29, 0.717) is 82.8 Å². The number of carbonyl (C=O) groups excluding carboxylic acids is 4. The smallest absolute Gasteiger partial charge is 0.338 e. The molecule has 3 heterocycles. The first-order valence-electron chi connectivity index (χ1n) is 32.1. The summed E-state index contributed by atoms with van der Waals surface area (Å²) in [5.74, 6) is -1.52. The van der Waals surface area contributed by atoms with Crippen LogP contribution in [0.5, 0.6) is 0 Å². The van der Waals surface area contributed by atoms with Crippen LogP contribution in [0.15, 0.2) is 285 Å². The summed E-state index contributed by atoms with van der Waals surface area (Å²) in [6, 6.07) is 91.4. The molecule has 0 saturated carbocycles. The SMILES string of the molecule is N#Cc1cccc(-c2ccc(-n3c4ccc(C(=O)OCc5ccccc5)cc4c4cc(C(=O)OCc5ccccc5)ccc43)c(-c3nc(-c4ccccc4)nc(-c4cc(C#N)ccc4-n4c5ccc(C(=O)OCc6ccccc6)cc5c5cc(C(=O)OCc6ccccc6)ccc54)n3)c2)c1. The zero-order valence-corrected chi connectivity index (χ0v) is 53.4. The first kappa shape index (κ1) is 62.2. The fraction of sp³-hybridized carbons (Fsp3) is 0.0471. The molecule has 0 radical (unpaired) electrons. The summed E-state index contributed by atoms with van der Waals surface area (Å²) in [7, 11) is 0. The van der Waals surface area contributed by atoms with Crippen molar-refractivity contribution in [2.24, 2.45) is 0 Å². The van der Waals surface area contributed by atoms with Crippen LogP contribution >= 0.6 is 0 Å². The second-order valence-corrected chi connectivity index (χ2v) is 23.8. The minimum Gasteiger partial charge on any atom is -0.457 e. The van der Waals surface area contributed by atoms with Crippen molar-refractivity contribution >= 4 is 67.5 Å². The van der Waals surface area contributed by atoms with Gasteiger partial charge in [0.25, 0.3) is 0 Å². The third-order valence-corrected chi connectivity index (χ3v) is 17.4. The molecule has 0 unspecified atom stereocenters. The van der Waals surface area contributed by atoms with E-state index in [0.717, 1.165) is 33.4 Å². The number of hydrogen-bond donors (Lipinski definition) is 0. The lowest BCUT2D eigenvalue weighted by molar-refractivity contribution is 0.0464. The summed E-state index contributed by atoms with van der Waals surface area (Å²) in [5, 5.41) is 23.5. The quantitative estimate of drug-likeness (QED) is 0.0581. The predicted molar refractivity (Wildman–Crippen MR) is 382 cm³/mol. The Kier molecular flexibility index (Phi) is 17.1. The van der Waals surface area contributed by atoms with Crippen molar-refractivity contribution in [3.05, 3.63) is 341 Å². The van der Waals surface area contributed by atoms with Crippen molar-refractivity contribution in [3.8, 4) is 68.8 Å². The number of carbonyl (C=O) groups is 4. The zero-order valence-electron chi connectivity index (χ0n) is 53.4. The maximum atomic E-state index is 14.1. The molecule has 0 spiro atoms. The maximum Gasteiger partial charge on any atom is 0.338 e. The third-order valence-electron chi connectivity index (χ3n) is 17.4. The number of ether oxygens (including phenoxy) is 4. The van der Waals surface area contributed by atoms with E-state index in [1.165, 1.54) is 0 Å². The number of esters is 4. The van der Waals surface area contributed by atoms with Crippen molar-refractivity contribution in [2.45, 2.75) is 26.4 Å². The van der Waals surface area contributed by atoms with Gasteiger partial charge in [-0.15, -0.1) is 0 Å². The molecular weight excluding hydrogens is 1250 g/mol. The minimum atomic E-state index is -0.551. The second kappa shape index (κ2) is 27.4. The molecule has 0 N–H and O–H groups in total. The number of hydrogen-bond acceptors (Lipinski definition) is 13. The average Bonchev–Trinajstić information content (AvgIpc) is 1.56. The Hall–Kier alpha value is -13.9. The van der Waals surface area contributed by atoms with Crippen molar-refractivity contribution in [1.82, 2.24) is 24.1 Å². The summed E-state index contributed by atoms with van der Waals surface area (Å²) >= 11 is 0. The highest BCUT2D eigenvalue weighted by molar-refractivity contribution is 6.15. The van der Waals surface area contributed by atoms with Crippen LogP contribution in [0.1, 0.15) is 74.8 Å². The summed E-state index contributed by atoms with van der Waals surface area (Å²) < 4.78 is 27.5. The van der Waals surface area contributed by atoms with Gasteiger partial charge in [0.15, 0.2) is 17.5 Å². The fourth-order valence-corrected chi connectivity index (χ4v) is 12.5. The van der Waals surface area contributed by atoms with E-state index in [2.05, 4.69) is 12.1 Å². The van der Waals surface area contributed by atoms with Crippen molar-refractivity contribution < 1.29 is 38.1 Å². The molecule has 3 aromatic heterocycles. The van der Waals surface area contributed by atoms with E-state index in [1.807, 2.05) is 228 Å². The fourth-order valence-electron chi connectivity index (χ4n) is 12.5. The molecule has 0 aliphatic carbocycles. The largest absolute Gasteiger partial charge is 0.457 e. The van der Waals surface area contributed by atoms with Crippen molar-refractivity contribution in [2.75, 3.05) is 0 Å². The van der Waals surface area contributed by atoms with Gasteiger partial charge in [-0.05, 0) is 149 Å². The number of benzene rings is 12. The number of nitrogens with zero attached hydrogens (tertiary/aromatic N) is 7. The van der Waals surface area contributed by atoms with Gasteiger partial charge in [0.2, 0.25) is 0 Å². The van der Waals surface area contributed by atoms with Crippen LogP contribution in [-0.2, 0) is 45.4 Å². The highest BCUT2D eigenvalue weighted by Gasteiger charge is 2.26. The molecule has 12 aromatic carbocycles. The molecule has 0 amide bonds. The average molecular weight is 1300 g/mol. The predicted octanol–water partition coefficient (Wildman–Crippen LogP) is 17.9. The van der Waals surface area contributed by atoms with Gasteiger partial charge in [0.1, 0.15) is 26.4 Å². The van der Waals surface area contributed by atoms with Crippen LogP contribution in [-0.4, -0.2) is 48.0 Å². The van der Waals surface area contributed by atoms with Crippen LogP contribution in [0.4, 0.5) is 0 Å². The zero-order chi connectivity index (χ0) is 68.1. The monoisotopic (exact) mass is 1300 g/mol. The van der Waals surface area contributed by atoms with Crippen LogP contribution < -0.4 is 0 Å². The Morgan fingerprint density at radius 3 is 1.00 bits per heavy atom. The van der Waals surface area contributed by atoms with Gasteiger partial charge in [0, 0.05) is 38.2 Å². The van der Waals surface area contributed by atoms with Gasteiger partial charge in [-0.25, -0.2) is 34.1 Å². The van der Waals surface area contributed by atoms with E-state index < -0.39 is 23.9 Å². The lowest BCUT2D eigenvalue weighted by Gasteiger charge is -2.18. The second-order valence-electron chi connectivity index (χ2n) is 23.8. The van der Waals surface area contributed by atoms with Crippen LogP contribution in [0, 0.1) is 22.7 Å². The van der Waals surface area contributed by atoms with E-state index in [9.17, 15) is 29.7 Å². The molecule has 15 rings (SSSR count). The number of aromatic nitrogens is 5. The van der Waals surface area contributed by atoms with E-state index in [-0.39, 0.29) is 66.2 Å². The van der Waals surface area contributed by atoms with Gasteiger partial charge in [-0.1, -0.05) is 170 Å². The molecule has 0 aliphatic rings. The van der Waals surface area contributed by atoms with E-state index >= 15 is 0 Å². The van der Waals surface area contributed by atoms with E-state index in [1.54, 1.807) is 66.7 Å². The Morgan fingerprint density at radius 2 is 0.620 bits per heavy atom. The highest BCUT2D eigenvalue weighted by atomic mass is 16.5. The molecule has 0 saturated heterocycles. The van der Waals surface area contributed by atoms with Crippen LogP contribution in [0.2, 0.25) is 0 Å². The van der Waals surface area contributed by atoms with Crippen molar-refractivity contribution in [1.29, 1.82) is 10.5 Å². The Balaban J connectivity index is 0.930. The number of rotatable bonds is 18. The normalized spacial score (nSPS) is 11.1. The molecule has 0 fully saturated rings. The molecule has 100 heavy (non-hydrogen) atoms. The Bertz CT molecular complexity index is 5560. The van der Waals surface area contributed by atoms with Gasteiger partial charge in [0.05, 0.1) is 79.0 Å². The molecule has 15 aromatic rings. The first-order chi connectivity index (χ1) is 49.1. The lowest BCUT2D eigenvalue weighted by atomic mass is 9.99. The molecule has 15 heteroatoms. The summed E-state index contributed by atoms with van der Waals surface area (Å²) in [6.07, 6.45) is 0. The lowest BCUT2D eigenvalue weighted by Crippen LogP contribution is -2.07. The molecule has 0 atom stereocenters. The molecule has 0 aliphatic heterocycles. The standard InChI is InChI=1S/C85H55N7O8/c86-48-58-25-16-28-61(41-58)62-30-36-78(92-75-39-33-65(84(95)99-52-56-21-10-3-11-22-56)46-69(75)70-47-66(34-40-76(70)92)85(96)100-53-57-23-12-4-13-24-57)72(43-62)81-89-79(60-26-14-5-15-27-60)88-80(90-81)71-42-59(49-87)29-35-77(71)91-73-37-31-63(82(93)97-50-54-17-6-1-7-18-54)44-67(73)68-45-64(32-38-74(68)91)83(94)98-51-55-19-8-2-9-20-55/h1-47H,50-53H2. The van der Waals surface area contributed by atoms with Gasteiger partial charge < -0.3 is 28.1 Å². The van der Waals surface area contributed by atoms with Gasteiger partial charge >= 0.3 is 23.9 Å². The Labute approximate surface area is 573 Å². The minimum absolute atomic E-state index is 0.0483.